The molecule has 2 bridgehead atoms. The van der Waals surface area contributed by atoms with E-state index in [9.17, 15) is 14.4 Å². The number of amides is 3. The number of carboxylic acids is 1. The molecule has 2 rings (SSSR count). The Labute approximate surface area is 111 Å². The van der Waals surface area contributed by atoms with E-state index in [-0.39, 0.29) is 24.9 Å². The number of nitrogens with two attached hydrogens (primary N) is 1. The van der Waals surface area contributed by atoms with E-state index >= 15 is 0 Å². The molecule has 1 heterocycles. The first-order valence-corrected chi connectivity index (χ1v) is 6.55. The highest BCUT2D eigenvalue weighted by Gasteiger charge is 2.40. The molecule has 0 aromatic carbocycles. The topological polar surface area (TPSA) is 113 Å². The minimum Gasteiger partial charge on any atom is -0.480 e. The number of carboxylic acid groups (broad SMARTS) is 1. The fraction of sp³-hybridized carbons (Fsp3) is 0.750. The third-order valence-corrected chi connectivity index (χ3v) is 3.95. The molecule has 1 aliphatic carbocycles. The first kappa shape index (κ1) is 13.6. The highest BCUT2D eigenvalue weighted by Crippen LogP contribution is 2.37. The maximum atomic E-state index is 12.0. The Hall–Kier alpha value is -1.79. The molecule has 19 heavy (non-hydrogen) atoms. The second kappa shape index (κ2) is 5.46. The zero-order valence-corrected chi connectivity index (χ0v) is 10.7. The summed E-state index contributed by atoms with van der Waals surface area (Å²) in [6.07, 6.45) is 3.14. The van der Waals surface area contributed by atoms with Gasteiger partial charge < -0.3 is 21.1 Å². The van der Waals surface area contributed by atoms with Crippen LogP contribution in [-0.4, -0.2) is 46.5 Å². The number of carbonyl (C=O) groups excluding carboxylic acids is 2. The largest absolute Gasteiger partial charge is 0.480 e. The summed E-state index contributed by atoms with van der Waals surface area (Å²) < 4.78 is 0. The second-order valence-corrected chi connectivity index (χ2v) is 5.33. The quantitative estimate of drug-likeness (QED) is 0.646. The summed E-state index contributed by atoms with van der Waals surface area (Å²) in [5, 5.41) is 11.5. The van der Waals surface area contributed by atoms with Crippen molar-refractivity contribution < 1.29 is 19.5 Å². The van der Waals surface area contributed by atoms with Crippen molar-refractivity contribution in [3.8, 4) is 0 Å². The van der Waals surface area contributed by atoms with Crippen molar-refractivity contribution in [1.82, 2.24) is 10.2 Å². The molecule has 0 aromatic rings. The molecule has 7 nitrogen and oxygen atoms in total. The molecule has 1 saturated heterocycles. The minimum absolute atomic E-state index is 0.0261. The predicted octanol–water partition coefficient (Wildman–Crippen LogP) is -0.101. The van der Waals surface area contributed by atoms with Gasteiger partial charge in [-0.25, -0.2) is 9.59 Å². The van der Waals surface area contributed by atoms with Crippen molar-refractivity contribution in [2.75, 3.05) is 6.54 Å². The van der Waals surface area contributed by atoms with Crippen LogP contribution in [0.25, 0.3) is 0 Å². The van der Waals surface area contributed by atoms with Gasteiger partial charge in [-0.15, -0.1) is 0 Å². The standard InChI is InChI=1S/C12H19N3O4/c13-10(16)4-3-9(11(17)18)14-12(19)15-6-7-1-2-8(15)5-7/h7-9H,1-6H2,(H2,13,16)(H,14,19)(H,17,18)/t7?,8?,9-/m0/s1. The Morgan fingerprint density at radius 2 is 2.11 bits per heavy atom. The van der Waals surface area contributed by atoms with Gasteiger partial charge in [-0.05, 0) is 31.6 Å². The third-order valence-electron chi connectivity index (χ3n) is 3.95. The summed E-state index contributed by atoms with van der Waals surface area (Å²) in [5.41, 5.74) is 4.99. The molecule has 3 atom stereocenters. The molecule has 2 fully saturated rings. The van der Waals surface area contributed by atoms with Crippen molar-refractivity contribution in [3.05, 3.63) is 0 Å². The number of fused-ring (bicyclic) bond motifs is 2. The lowest BCUT2D eigenvalue weighted by atomic mass is 10.1. The Bertz CT molecular complexity index is 398. The van der Waals surface area contributed by atoms with E-state index in [1.165, 1.54) is 0 Å². The van der Waals surface area contributed by atoms with Crippen molar-refractivity contribution >= 4 is 17.9 Å². The van der Waals surface area contributed by atoms with E-state index in [1.807, 2.05) is 0 Å². The Balaban J connectivity index is 1.88. The molecule has 1 aliphatic heterocycles. The number of carbonyl (C=O) groups is 3. The van der Waals surface area contributed by atoms with E-state index in [4.69, 9.17) is 10.8 Å². The summed E-state index contributed by atoms with van der Waals surface area (Å²) in [6.45, 7) is 0.707. The predicted molar refractivity (Wildman–Crippen MR) is 66.2 cm³/mol. The molecule has 0 spiro atoms. The summed E-state index contributed by atoms with van der Waals surface area (Å²) in [6, 6.07) is -1.15. The van der Waals surface area contributed by atoms with Crippen LogP contribution in [0.3, 0.4) is 0 Å². The highest BCUT2D eigenvalue weighted by molar-refractivity contribution is 5.83. The van der Waals surface area contributed by atoms with Crippen LogP contribution in [0.2, 0.25) is 0 Å². The lowest BCUT2D eigenvalue weighted by Gasteiger charge is -2.28. The SMILES string of the molecule is NC(=O)CC[C@H](NC(=O)N1CC2CCC1C2)C(=O)O. The van der Waals surface area contributed by atoms with E-state index in [2.05, 4.69) is 5.32 Å². The molecular weight excluding hydrogens is 250 g/mol. The second-order valence-electron chi connectivity index (χ2n) is 5.33. The molecule has 2 unspecified atom stereocenters. The van der Waals surface area contributed by atoms with Gasteiger partial charge in [0.05, 0.1) is 0 Å². The monoisotopic (exact) mass is 269 g/mol. The molecule has 0 radical (unpaired) electrons. The number of hydrogen-bond donors (Lipinski definition) is 3. The highest BCUT2D eigenvalue weighted by atomic mass is 16.4. The number of nitrogens with zero attached hydrogens (tertiary/aromatic N) is 1. The fourth-order valence-electron chi connectivity index (χ4n) is 2.95. The van der Waals surface area contributed by atoms with Gasteiger partial charge >= 0.3 is 12.0 Å². The number of hydrogen-bond acceptors (Lipinski definition) is 3. The Kier molecular flexibility index (Phi) is 3.92. The van der Waals surface area contributed by atoms with Gasteiger partial charge in [0.1, 0.15) is 6.04 Å². The summed E-state index contributed by atoms with van der Waals surface area (Å²) >= 11 is 0. The molecule has 0 aromatic heterocycles. The number of nitrogens with one attached hydrogen (secondary N) is 1. The summed E-state index contributed by atoms with van der Waals surface area (Å²) in [4.78, 5) is 35.5. The van der Waals surface area contributed by atoms with E-state index < -0.39 is 17.9 Å². The first-order valence-electron chi connectivity index (χ1n) is 6.55. The molecule has 2 aliphatic rings. The van der Waals surface area contributed by atoms with Gasteiger partial charge in [0, 0.05) is 19.0 Å². The Morgan fingerprint density at radius 1 is 1.37 bits per heavy atom. The van der Waals surface area contributed by atoms with Gasteiger partial charge in [-0.2, -0.15) is 0 Å². The lowest BCUT2D eigenvalue weighted by molar-refractivity contribution is -0.139. The number of likely N-dealkylation sites (tertiary alicyclic amines) is 1. The van der Waals surface area contributed by atoms with Crippen LogP contribution >= 0.6 is 0 Å². The first-order chi connectivity index (χ1) is 8.97. The smallest absolute Gasteiger partial charge is 0.326 e. The molecule has 7 heteroatoms. The fourth-order valence-corrected chi connectivity index (χ4v) is 2.95. The molecule has 106 valence electrons. The lowest BCUT2D eigenvalue weighted by Crippen LogP contribution is -2.50. The molecule has 1 saturated carbocycles. The van der Waals surface area contributed by atoms with Gasteiger partial charge in [0.15, 0.2) is 0 Å². The molecule has 4 N–H and O–H groups in total. The van der Waals surface area contributed by atoms with Crippen LogP contribution in [0, 0.1) is 5.92 Å². The van der Waals surface area contributed by atoms with Crippen LogP contribution in [-0.2, 0) is 9.59 Å². The Morgan fingerprint density at radius 3 is 2.58 bits per heavy atom. The van der Waals surface area contributed by atoms with Crippen LogP contribution in [0.1, 0.15) is 32.1 Å². The number of urea groups is 1. The van der Waals surface area contributed by atoms with E-state index in [0.29, 0.717) is 12.5 Å². The minimum atomic E-state index is -1.14. The zero-order valence-electron chi connectivity index (χ0n) is 10.7. The van der Waals surface area contributed by atoms with Crippen LogP contribution in [0.15, 0.2) is 0 Å². The summed E-state index contributed by atoms with van der Waals surface area (Å²) in [7, 11) is 0. The maximum Gasteiger partial charge on any atom is 0.326 e. The number of aliphatic carboxylic acids is 1. The van der Waals surface area contributed by atoms with Crippen LogP contribution in [0.4, 0.5) is 4.79 Å². The van der Waals surface area contributed by atoms with E-state index in [0.717, 1.165) is 19.3 Å². The molecule has 3 amide bonds. The normalized spacial score (nSPS) is 26.2. The number of piperidine rings is 1. The van der Waals surface area contributed by atoms with Gasteiger partial charge in [0.25, 0.3) is 0 Å². The molecular formula is C12H19N3O4. The maximum absolute atomic E-state index is 12.0. The van der Waals surface area contributed by atoms with Crippen LogP contribution < -0.4 is 11.1 Å². The number of rotatable bonds is 5. The van der Waals surface area contributed by atoms with E-state index in [1.54, 1.807) is 4.90 Å². The van der Waals surface area contributed by atoms with Crippen molar-refractivity contribution in [1.29, 1.82) is 0 Å². The van der Waals surface area contributed by atoms with Gasteiger partial charge in [-0.1, -0.05) is 0 Å². The van der Waals surface area contributed by atoms with Crippen LogP contribution in [0.5, 0.6) is 0 Å². The average Bonchev–Trinajstić information content (AvgIpc) is 2.95. The zero-order chi connectivity index (χ0) is 14.0. The number of primary amides is 1. The third kappa shape index (κ3) is 3.15. The van der Waals surface area contributed by atoms with Gasteiger partial charge in [-0.3, -0.25) is 4.79 Å². The van der Waals surface area contributed by atoms with Crippen molar-refractivity contribution in [2.45, 2.75) is 44.2 Å². The average molecular weight is 269 g/mol. The van der Waals surface area contributed by atoms with Crippen molar-refractivity contribution in [2.24, 2.45) is 11.7 Å². The summed E-state index contributed by atoms with van der Waals surface area (Å²) in [5.74, 6) is -1.15. The van der Waals surface area contributed by atoms with Gasteiger partial charge in [0.2, 0.25) is 5.91 Å². The van der Waals surface area contributed by atoms with Crippen molar-refractivity contribution in [3.63, 3.8) is 0 Å².